The maximum absolute atomic E-state index is 13.6. The van der Waals surface area contributed by atoms with Crippen molar-refractivity contribution >= 4 is 29.2 Å². The van der Waals surface area contributed by atoms with Gasteiger partial charge in [-0.05, 0) is 23.3 Å². The number of benzene rings is 3. The van der Waals surface area contributed by atoms with E-state index >= 15 is 0 Å². The fourth-order valence-corrected chi connectivity index (χ4v) is 3.95. The first kappa shape index (κ1) is 24.4. The second-order valence-electron chi connectivity index (χ2n) is 7.84. The Morgan fingerprint density at radius 3 is 2.03 bits per heavy atom. The highest BCUT2D eigenvalue weighted by atomic mass is 19.4. The molecule has 3 aromatic carbocycles. The molecule has 4 amide bonds. The quantitative estimate of drug-likeness (QED) is 0.302. The molecule has 0 unspecified atom stereocenters. The third kappa shape index (κ3) is 4.35. The van der Waals surface area contributed by atoms with Crippen molar-refractivity contribution in [3.63, 3.8) is 0 Å². The topological polar surface area (TPSA) is 122 Å². The van der Waals surface area contributed by atoms with Crippen molar-refractivity contribution in [3.8, 4) is 0 Å². The van der Waals surface area contributed by atoms with Gasteiger partial charge in [0.25, 0.3) is 11.6 Å². The monoisotopic (exact) mass is 498 g/mol. The van der Waals surface area contributed by atoms with Gasteiger partial charge in [-0.2, -0.15) is 13.2 Å². The van der Waals surface area contributed by atoms with Crippen LogP contribution in [-0.4, -0.2) is 34.2 Å². The van der Waals surface area contributed by atoms with Gasteiger partial charge in [0.1, 0.15) is 12.2 Å². The molecule has 9 nitrogen and oxygen atoms in total. The lowest BCUT2D eigenvalue weighted by atomic mass is 9.82. The predicted octanol–water partition coefficient (Wildman–Crippen LogP) is 4.05. The van der Waals surface area contributed by atoms with Gasteiger partial charge < -0.3 is 10.6 Å². The Kier molecular flexibility index (Phi) is 6.19. The summed E-state index contributed by atoms with van der Waals surface area (Å²) in [5.74, 6) is -1.78. The van der Waals surface area contributed by atoms with Crippen LogP contribution in [0.4, 0.5) is 29.3 Å². The van der Waals surface area contributed by atoms with Crippen molar-refractivity contribution in [2.75, 3.05) is 11.9 Å². The fourth-order valence-electron chi connectivity index (χ4n) is 3.95. The minimum atomic E-state index is -4.83. The molecule has 0 spiro atoms. The highest BCUT2D eigenvalue weighted by molar-refractivity contribution is 6.12. The van der Waals surface area contributed by atoms with Gasteiger partial charge in [-0.1, -0.05) is 60.7 Å². The molecule has 2 N–H and O–H groups in total. The van der Waals surface area contributed by atoms with Crippen molar-refractivity contribution in [1.29, 1.82) is 0 Å². The summed E-state index contributed by atoms with van der Waals surface area (Å²) in [6, 6.07) is 17.4. The Labute approximate surface area is 201 Å². The van der Waals surface area contributed by atoms with E-state index < -0.39 is 58.0 Å². The number of amides is 4. The molecule has 1 fully saturated rings. The van der Waals surface area contributed by atoms with E-state index in [4.69, 9.17) is 0 Å². The van der Waals surface area contributed by atoms with Crippen molar-refractivity contribution in [3.05, 3.63) is 106 Å². The number of carbonyl (C=O) groups is 3. The summed E-state index contributed by atoms with van der Waals surface area (Å²) in [6.45, 7) is -0.829. The van der Waals surface area contributed by atoms with E-state index in [9.17, 15) is 37.7 Å². The van der Waals surface area contributed by atoms with E-state index in [1.54, 1.807) is 60.7 Å². The number of alkyl halides is 3. The number of anilines is 1. The van der Waals surface area contributed by atoms with E-state index in [1.807, 2.05) is 0 Å². The standard InChI is InChI=1S/C24H17F3N4O5/c25-24(26,27)17-11-12-18(19(13-17)31(35)36)28-20(32)14-30-21(33)23(29-22(30)34,15-7-3-1-4-8-15)16-9-5-2-6-10-16/h1-13H,14H2,(H,28,32)(H,29,34). The fraction of sp³-hybridized carbons (Fsp3) is 0.125. The second-order valence-corrected chi connectivity index (χ2v) is 7.84. The van der Waals surface area contributed by atoms with Gasteiger partial charge in [0.15, 0.2) is 5.54 Å². The highest BCUT2D eigenvalue weighted by Gasteiger charge is 2.54. The molecule has 1 aliphatic rings. The minimum absolute atomic E-state index is 0.291. The zero-order chi connectivity index (χ0) is 26.1. The average molecular weight is 498 g/mol. The van der Waals surface area contributed by atoms with Crippen LogP contribution in [0.2, 0.25) is 0 Å². The molecule has 36 heavy (non-hydrogen) atoms. The van der Waals surface area contributed by atoms with Crippen LogP contribution < -0.4 is 10.6 Å². The SMILES string of the molecule is O=C(CN1C(=O)NC(c2ccccc2)(c2ccccc2)C1=O)Nc1ccc(C(F)(F)F)cc1[N+](=O)[O-]. The van der Waals surface area contributed by atoms with Gasteiger partial charge in [-0.3, -0.25) is 24.6 Å². The predicted molar refractivity (Wildman–Crippen MR) is 121 cm³/mol. The molecule has 0 aliphatic carbocycles. The Morgan fingerprint density at radius 1 is 0.972 bits per heavy atom. The van der Waals surface area contributed by atoms with Gasteiger partial charge in [0.2, 0.25) is 5.91 Å². The van der Waals surface area contributed by atoms with Crippen molar-refractivity contribution in [2.24, 2.45) is 0 Å². The van der Waals surface area contributed by atoms with E-state index in [1.165, 1.54) is 0 Å². The molecule has 0 atom stereocenters. The first-order valence-electron chi connectivity index (χ1n) is 10.4. The van der Waals surface area contributed by atoms with Gasteiger partial charge in [-0.15, -0.1) is 0 Å². The molecular formula is C24H17F3N4O5. The zero-order valence-corrected chi connectivity index (χ0v) is 18.3. The lowest BCUT2D eigenvalue weighted by Crippen LogP contribution is -2.45. The van der Waals surface area contributed by atoms with Gasteiger partial charge >= 0.3 is 12.2 Å². The van der Waals surface area contributed by atoms with Crippen LogP contribution in [0.1, 0.15) is 16.7 Å². The number of hydrogen-bond donors (Lipinski definition) is 2. The summed E-state index contributed by atoms with van der Waals surface area (Å²) in [6.07, 6.45) is -4.83. The van der Waals surface area contributed by atoms with Crippen LogP contribution in [-0.2, 0) is 21.3 Å². The van der Waals surface area contributed by atoms with Crippen LogP contribution in [0.25, 0.3) is 0 Å². The molecule has 1 heterocycles. The van der Waals surface area contributed by atoms with E-state index in [2.05, 4.69) is 10.6 Å². The number of halogens is 3. The van der Waals surface area contributed by atoms with Crippen LogP contribution in [0.3, 0.4) is 0 Å². The molecule has 0 saturated carbocycles. The number of nitrogens with one attached hydrogen (secondary N) is 2. The number of carbonyl (C=O) groups excluding carboxylic acids is 3. The maximum atomic E-state index is 13.6. The molecule has 0 radical (unpaired) electrons. The van der Waals surface area contributed by atoms with Crippen LogP contribution in [0.15, 0.2) is 78.9 Å². The average Bonchev–Trinajstić information content (AvgIpc) is 3.10. The third-order valence-electron chi connectivity index (χ3n) is 5.62. The number of imide groups is 1. The number of hydrogen-bond acceptors (Lipinski definition) is 5. The lowest BCUT2D eigenvalue weighted by molar-refractivity contribution is -0.384. The molecule has 12 heteroatoms. The summed E-state index contributed by atoms with van der Waals surface area (Å²) in [7, 11) is 0. The molecule has 4 rings (SSSR count). The van der Waals surface area contributed by atoms with Gasteiger partial charge in [0, 0.05) is 6.07 Å². The number of nitro benzene ring substituents is 1. The van der Waals surface area contributed by atoms with Crippen molar-refractivity contribution < 1.29 is 32.5 Å². The molecule has 1 saturated heterocycles. The largest absolute Gasteiger partial charge is 0.416 e. The number of urea groups is 1. The number of nitro groups is 1. The molecule has 0 bridgehead atoms. The Morgan fingerprint density at radius 2 is 1.53 bits per heavy atom. The summed E-state index contributed by atoms with van der Waals surface area (Å²) in [4.78, 5) is 50.0. The molecule has 3 aromatic rings. The van der Waals surface area contributed by atoms with Crippen LogP contribution in [0.5, 0.6) is 0 Å². The normalized spacial score (nSPS) is 14.9. The first-order valence-corrected chi connectivity index (χ1v) is 10.4. The second kappa shape index (κ2) is 9.13. The Bertz CT molecular complexity index is 1310. The molecule has 0 aromatic heterocycles. The lowest BCUT2D eigenvalue weighted by Gasteiger charge is -2.28. The van der Waals surface area contributed by atoms with E-state index in [0.29, 0.717) is 28.2 Å². The van der Waals surface area contributed by atoms with Crippen LogP contribution >= 0.6 is 0 Å². The van der Waals surface area contributed by atoms with E-state index in [0.717, 1.165) is 6.07 Å². The Balaban J connectivity index is 1.63. The van der Waals surface area contributed by atoms with Gasteiger partial charge in [-0.25, -0.2) is 4.79 Å². The molecular weight excluding hydrogens is 481 g/mol. The minimum Gasteiger partial charge on any atom is -0.319 e. The first-order chi connectivity index (χ1) is 17.0. The van der Waals surface area contributed by atoms with Crippen molar-refractivity contribution in [1.82, 2.24) is 10.2 Å². The Hall–Kier alpha value is -4.74. The van der Waals surface area contributed by atoms with Crippen LogP contribution in [0, 0.1) is 10.1 Å². The number of rotatable bonds is 6. The van der Waals surface area contributed by atoms with E-state index in [-0.39, 0.29) is 0 Å². The zero-order valence-electron chi connectivity index (χ0n) is 18.3. The third-order valence-corrected chi connectivity index (χ3v) is 5.62. The summed E-state index contributed by atoms with van der Waals surface area (Å²) in [5, 5.41) is 16.1. The molecule has 1 aliphatic heterocycles. The smallest absolute Gasteiger partial charge is 0.319 e. The summed E-state index contributed by atoms with van der Waals surface area (Å²) >= 11 is 0. The molecule has 184 valence electrons. The highest BCUT2D eigenvalue weighted by Crippen LogP contribution is 2.37. The maximum Gasteiger partial charge on any atom is 0.416 e. The van der Waals surface area contributed by atoms with Crippen molar-refractivity contribution in [2.45, 2.75) is 11.7 Å². The van der Waals surface area contributed by atoms with Gasteiger partial charge in [0.05, 0.1) is 10.5 Å². The summed E-state index contributed by atoms with van der Waals surface area (Å²) in [5.41, 5.74) is -3.51. The summed E-state index contributed by atoms with van der Waals surface area (Å²) < 4.78 is 38.8. The number of nitrogens with zero attached hydrogens (tertiary/aromatic N) is 2.